The molecule has 9 aromatic carbocycles. The van der Waals surface area contributed by atoms with Gasteiger partial charge < -0.3 is 9.80 Å². The first kappa shape index (κ1) is 29.5. The summed E-state index contributed by atoms with van der Waals surface area (Å²) in [6.45, 7) is 0. The molecule has 0 N–H and O–H groups in total. The van der Waals surface area contributed by atoms with Crippen LogP contribution in [0.5, 0.6) is 0 Å². The monoisotopic (exact) mass is 668 g/mol. The van der Waals surface area contributed by atoms with Gasteiger partial charge in [0, 0.05) is 43.9 Å². The molecule has 0 atom stereocenters. The van der Waals surface area contributed by atoms with Crippen molar-refractivity contribution in [1.29, 1.82) is 0 Å². The number of benzene rings is 9. The molecule has 0 aliphatic heterocycles. The van der Waals surface area contributed by atoms with Crippen LogP contribution in [-0.2, 0) is 0 Å². The van der Waals surface area contributed by atoms with Crippen LogP contribution in [0.15, 0.2) is 194 Å². The van der Waals surface area contributed by atoms with E-state index in [9.17, 15) is 0 Å². The molecular formula is C48H32N2S. The largest absolute Gasteiger partial charge is 0.310 e. The molecule has 0 fully saturated rings. The summed E-state index contributed by atoms with van der Waals surface area (Å²) in [5.41, 5.74) is 6.72. The first-order valence-electron chi connectivity index (χ1n) is 17.3. The fourth-order valence-electron chi connectivity index (χ4n) is 7.49. The topological polar surface area (TPSA) is 6.48 Å². The first-order chi connectivity index (χ1) is 25.3. The first-order valence-corrected chi connectivity index (χ1v) is 18.2. The van der Waals surface area contributed by atoms with Crippen molar-refractivity contribution in [1.82, 2.24) is 0 Å². The van der Waals surface area contributed by atoms with Gasteiger partial charge in [-0.15, -0.1) is 11.3 Å². The Bertz CT molecular complexity index is 2880. The van der Waals surface area contributed by atoms with E-state index in [0.29, 0.717) is 0 Å². The Morgan fingerprint density at radius 3 is 1.35 bits per heavy atom. The Morgan fingerprint density at radius 2 is 0.765 bits per heavy atom. The van der Waals surface area contributed by atoms with Gasteiger partial charge in [0.2, 0.25) is 0 Å². The van der Waals surface area contributed by atoms with Gasteiger partial charge in [-0.25, -0.2) is 0 Å². The maximum atomic E-state index is 2.44. The molecule has 0 saturated heterocycles. The Balaban J connectivity index is 1.31. The third-order valence-electron chi connectivity index (χ3n) is 9.91. The highest BCUT2D eigenvalue weighted by Crippen LogP contribution is 2.49. The van der Waals surface area contributed by atoms with Crippen LogP contribution in [0.4, 0.5) is 34.1 Å². The molecule has 1 aromatic heterocycles. The molecule has 10 aromatic rings. The molecule has 1 heterocycles. The second-order valence-electron chi connectivity index (χ2n) is 13.0. The van der Waals surface area contributed by atoms with Gasteiger partial charge in [0.1, 0.15) is 0 Å². The number of hydrogen-bond acceptors (Lipinski definition) is 3. The van der Waals surface area contributed by atoms with Crippen LogP contribution in [0, 0.1) is 0 Å². The second kappa shape index (κ2) is 12.2. The molecular weight excluding hydrogens is 637 g/mol. The SMILES string of the molecule is c1ccc(N(c2ccc3ccccc3c2)c2cc(N(c3ccccc3)c3ccc4ccccc4c3)c3sc4cc5ccccc5cc4c3c2)cc1. The summed E-state index contributed by atoms with van der Waals surface area (Å²) >= 11 is 1.88. The van der Waals surface area contributed by atoms with Gasteiger partial charge in [-0.05, 0) is 105 Å². The zero-order chi connectivity index (χ0) is 33.7. The molecule has 0 aliphatic rings. The van der Waals surface area contributed by atoms with E-state index in [-0.39, 0.29) is 0 Å². The van der Waals surface area contributed by atoms with Crippen molar-refractivity contribution in [2.45, 2.75) is 0 Å². The van der Waals surface area contributed by atoms with E-state index in [1.807, 2.05) is 11.3 Å². The molecule has 0 spiro atoms. The van der Waals surface area contributed by atoms with Gasteiger partial charge in [-0.3, -0.25) is 0 Å². The van der Waals surface area contributed by atoms with Crippen molar-refractivity contribution in [3.8, 4) is 0 Å². The molecule has 51 heavy (non-hydrogen) atoms. The fourth-order valence-corrected chi connectivity index (χ4v) is 8.70. The van der Waals surface area contributed by atoms with Crippen LogP contribution in [0.1, 0.15) is 0 Å². The molecule has 240 valence electrons. The van der Waals surface area contributed by atoms with Crippen molar-refractivity contribution >= 4 is 98.0 Å². The van der Waals surface area contributed by atoms with E-state index in [1.54, 1.807) is 0 Å². The number of rotatable bonds is 6. The Labute approximate surface area is 300 Å². The molecule has 0 aliphatic carbocycles. The predicted octanol–water partition coefficient (Wildman–Crippen LogP) is 14.5. The van der Waals surface area contributed by atoms with Gasteiger partial charge in [0.05, 0.1) is 10.4 Å². The average molecular weight is 669 g/mol. The van der Waals surface area contributed by atoms with Gasteiger partial charge in [-0.1, -0.05) is 121 Å². The third kappa shape index (κ3) is 5.18. The molecule has 0 saturated carbocycles. The molecule has 0 radical (unpaired) electrons. The number of para-hydroxylation sites is 2. The number of thiophene rings is 1. The maximum absolute atomic E-state index is 2.44. The number of hydrogen-bond donors (Lipinski definition) is 0. The second-order valence-corrected chi connectivity index (χ2v) is 14.1. The summed E-state index contributed by atoms with van der Waals surface area (Å²) in [7, 11) is 0. The van der Waals surface area contributed by atoms with Crippen LogP contribution in [-0.4, -0.2) is 0 Å². The highest BCUT2D eigenvalue weighted by Gasteiger charge is 2.23. The number of nitrogens with zero attached hydrogens (tertiary/aromatic N) is 2. The van der Waals surface area contributed by atoms with Crippen molar-refractivity contribution < 1.29 is 0 Å². The third-order valence-corrected chi connectivity index (χ3v) is 11.1. The summed E-state index contributed by atoms with van der Waals surface area (Å²) in [5.74, 6) is 0. The van der Waals surface area contributed by atoms with E-state index in [2.05, 4.69) is 204 Å². The fraction of sp³-hybridized carbons (Fsp3) is 0. The molecule has 0 unspecified atom stereocenters. The molecule has 2 nitrogen and oxygen atoms in total. The molecule has 0 bridgehead atoms. The Morgan fingerprint density at radius 1 is 0.294 bits per heavy atom. The lowest BCUT2D eigenvalue weighted by Gasteiger charge is -2.30. The standard InChI is InChI=1S/C48H32N2S/c1-3-19-39(20-4-1)49(41-25-23-33-13-7-9-15-35(33)27-41)43-31-45-44-29-37-17-11-12-18-38(37)30-47(44)51-48(45)46(32-43)50(40-21-5-2-6-22-40)42-26-24-34-14-8-10-16-36(34)28-42/h1-32H. The highest BCUT2D eigenvalue weighted by atomic mass is 32.1. The smallest absolute Gasteiger partial charge is 0.0661 e. The number of anilines is 6. The van der Waals surface area contributed by atoms with Crippen LogP contribution < -0.4 is 9.80 Å². The summed E-state index contributed by atoms with van der Waals surface area (Å²) in [5, 5.41) is 9.92. The van der Waals surface area contributed by atoms with E-state index < -0.39 is 0 Å². The van der Waals surface area contributed by atoms with Gasteiger partial charge in [-0.2, -0.15) is 0 Å². The minimum Gasteiger partial charge on any atom is -0.310 e. The average Bonchev–Trinajstić information content (AvgIpc) is 3.55. The number of fused-ring (bicyclic) bond motifs is 6. The lowest BCUT2D eigenvalue weighted by molar-refractivity contribution is 1.27. The van der Waals surface area contributed by atoms with E-state index in [1.165, 1.54) is 52.5 Å². The highest BCUT2D eigenvalue weighted by molar-refractivity contribution is 7.26. The van der Waals surface area contributed by atoms with Crippen molar-refractivity contribution in [3.63, 3.8) is 0 Å². The maximum Gasteiger partial charge on any atom is 0.0661 e. The van der Waals surface area contributed by atoms with Crippen LogP contribution in [0.2, 0.25) is 0 Å². The van der Waals surface area contributed by atoms with Crippen LogP contribution in [0.3, 0.4) is 0 Å². The Kier molecular flexibility index (Phi) is 7.04. The zero-order valence-electron chi connectivity index (χ0n) is 27.8. The zero-order valence-corrected chi connectivity index (χ0v) is 28.6. The molecule has 3 heteroatoms. The van der Waals surface area contributed by atoms with E-state index in [4.69, 9.17) is 0 Å². The van der Waals surface area contributed by atoms with Gasteiger partial charge in [0.15, 0.2) is 0 Å². The van der Waals surface area contributed by atoms with Crippen molar-refractivity contribution in [2.75, 3.05) is 9.80 Å². The normalized spacial score (nSPS) is 11.5. The predicted molar refractivity (Wildman–Crippen MR) is 221 cm³/mol. The van der Waals surface area contributed by atoms with Gasteiger partial charge in [0.25, 0.3) is 0 Å². The van der Waals surface area contributed by atoms with Crippen molar-refractivity contribution in [2.24, 2.45) is 0 Å². The van der Waals surface area contributed by atoms with E-state index >= 15 is 0 Å². The lowest BCUT2D eigenvalue weighted by atomic mass is 10.0. The lowest BCUT2D eigenvalue weighted by Crippen LogP contribution is -2.13. The summed E-state index contributed by atoms with van der Waals surface area (Å²) < 4.78 is 2.54. The van der Waals surface area contributed by atoms with Crippen LogP contribution in [0.25, 0.3) is 52.5 Å². The van der Waals surface area contributed by atoms with Gasteiger partial charge >= 0.3 is 0 Å². The molecule has 0 amide bonds. The minimum atomic E-state index is 1.11. The molecule has 10 rings (SSSR count). The van der Waals surface area contributed by atoms with E-state index in [0.717, 1.165) is 34.1 Å². The summed E-state index contributed by atoms with van der Waals surface area (Å²) in [6, 6.07) is 70.6. The summed E-state index contributed by atoms with van der Waals surface area (Å²) in [4.78, 5) is 4.85. The minimum absolute atomic E-state index is 1.11. The Hall–Kier alpha value is -6.42. The van der Waals surface area contributed by atoms with Crippen molar-refractivity contribution in [3.05, 3.63) is 194 Å². The quantitative estimate of drug-likeness (QED) is 0.174. The van der Waals surface area contributed by atoms with Crippen LogP contribution >= 0.6 is 11.3 Å². The summed E-state index contributed by atoms with van der Waals surface area (Å²) in [6.07, 6.45) is 0.